The van der Waals surface area contributed by atoms with E-state index in [4.69, 9.17) is 0 Å². The topological polar surface area (TPSA) is 79.2 Å². The van der Waals surface area contributed by atoms with E-state index in [0.717, 1.165) is 23.5 Å². The van der Waals surface area contributed by atoms with Crippen molar-refractivity contribution < 1.29 is 9.90 Å². The van der Waals surface area contributed by atoms with Gasteiger partial charge in [0.1, 0.15) is 5.82 Å². The lowest BCUT2D eigenvalue weighted by atomic mass is 9.89. The fraction of sp³-hybridized carbons (Fsp3) is 0.524. The van der Waals surface area contributed by atoms with Crippen LogP contribution in [0.3, 0.4) is 0 Å². The van der Waals surface area contributed by atoms with Crippen LogP contribution in [0.4, 0.5) is 0 Å². The zero-order valence-electron chi connectivity index (χ0n) is 15.5. The maximum atomic E-state index is 11.7. The van der Waals surface area contributed by atoms with Gasteiger partial charge in [0.25, 0.3) is 0 Å². The highest BCUT2D eigenvalue weighted by Gasteiger charge is 2.38. The van der Waals surface area contributed by atoms with Crippen LogP contribution in [0.1, 0.15) is 60.9 Å². The number of aromatic nitrogens is 3. The Kier molecular flexibility index (Phi) is 5.43. The summed E-state index contributed by atoms with van der Waals surface area (Å²) in [5.74, 6) is 0.343. The van der Waals surface area contributed by atoms with Crippen LogP contribution in [0.5, 0.6) is 0 Å². The first kappa shape index (κ1) is 18.0. The van der Waals surface area contributed by atoms with Gasteiger partial charge in [-0.3, -0.25) is 14.7 Å². The van der Waals surface area contributed by atoms with Crippen LogP contribution in [0.2, 0.25) is 0 Å². The van der Waals surface area contributed by atoms with Crippen molar-refractivity contribution in [2.75, 3.05) is 13.1 Å². The molecule has 2 atom stereocenters. The largest absolute Gasteiger partial charge is 0.481 e. The van der Waals surface area contributed by atoms with E-state index >= 15 is 0 Å². The maximum Gasteiger partial charge on any atom is 0.308 e. The summed E-state index contributed by atoms with van der Waals surface area (Å²) in [5, 5.41) is 9.64. The maximum absolute atomic E-state index is 11.7. The van der Waals surface area contributed by atoms with E-state index in [-0.39, 0.29) is 5.92 Å². The third-order valence-electron chi connectivity index (χ3n) is 5.95. The molecule has 0 unspecified atom stereocenters. The molecule has 2 aromatic heterocycles. The summed E-state index contributed by atoms with van der Waals surface area (Å²) < 4.78 is 0. The van der Waals surface area contributed by atoms with Gasteiger partial charge < -0.3 is 5.11 Å². The first-order chi connectivity index (χ1) is 13.2. The van der Waals surface area contributed by atoms with E-state index in [2.05, 4.69) is 19.9 Å². The summed E-state index contributed by atoms with van der Waals surface area (Å²) in [6.07, 6.45) is 13.6. The van der Waals surface area contributed by atoms with Crippen LogP contribution in [0.15, 0.2) is 36.9 Å². The summed E-state index contributed by atoms with van der Waals surface area (Å²) in [5.41, 5.74) is 2.10. The third-order valence-corrected chi connectivity index (χ3v) is 5.95. The number of nitrogens with zero attached hydrogens (tertiary/aromatic N) is 4. The number of pyridine rings is 1. The van der Waals surface area contributed by atoms with Crippen molar-refractivity contribution in [1.82, 2.24) is 19.9 Å². The molecule has 6 nitrogen and oxygen atoms in total. The standard InChI is InChI=1S/C21H26N4O2/c26-21(27)19-14-25(13-18(19)16-6-8-22-9-7-16)12-15-10-23-20(24-11-15)17-4-2-1-3-5-17/h6-11,17-19H,1-5,12-14H2,(H,26,27)/t18-,19+/m0/s1. The van der Waals surface area contributed by atoms with Gasteiger partial charge in [-0.25, -0.2) is 9.97 Å². The second-order valence-corrected chi connectivity index (χ2v) is 7.81. The Hall–Kier alpha value is -2.34. The van der Waals surface area contributed by atoms with Crippen molar-refractivity contribution in [1.29, 1.82) is 0 Å². The molecule has 27 heavy (non-hydrogen) atoms. The molecule has 0 amide bonds. The molecule has 3 heterocycles. The molecule has 6 heteroatoms. The van der Waals surface area contributed by atoms with Crippen molar-refractivity contribution in [2.24, 2.45) is 5.92 Å². The molecule has 0 bridgehead atoms. The van der Waals surface area contributed by atoms with Crippen LogP contribution in [-0.4, -0.2) is 44.0 Å². The predicted octanol–water partition coefficient (Wildman–Crippen LogP) is 3.22. The molecule has 2 aliphatic rings. The van der Waals surface area contributed by atoms with Crippen molar-refractivity contribution in [2.45, 2.75) is 50.5 Å². The monoisotopic (exact) mass is 366 g/mol. The molecule has 1 saturated heterocycles. The first-order valence-corrected chi connectivity index (χ1v) is 9.86. The molecule has 142 valence electrons. The minimum Gasteiger partial charge on any atom is -0.481 e. The Morgan fingerprint density at radius 3 is 2.44 bits per heavy atom. The lowest BCUT2D eigenvalue weighted by Crippen LogP contribution is -2.23. The number of hydrogen-bond donors (Lipinski definition) is 1. The highest BCUT2D eigenvalue weighted by atomic mass is 16.4. The van der Waals surface area contributed by atoms with Gasteiger partial charge in [-0.15, -0.1) is 0 Å². The number of hydrogen-bond acceptors (Lipinski definition) is 5. The van der Waals surface area contributed by atoms with Crippen LogP contribution >= 0.6 is 0 Å². The van der Waals surface area contributed by atoms with Crippen LogP contribution < -0.4 is 0 Å². The quantitative estimate of drug-likeness (QED) is 0.875. The zero-order chi connectivity index (χ0) is 18.6. The van der Waals surface area contributed by atoms with Gasteiger partial charge in [-0.05, 0) is 30.5 Å². The van der Waals surface area contributed by atoms with Crippen LogP contribution in [0, 0.1) is 5.92 Å². The zero-order valence-corrected chi connectivity index (χ0v) is 15.5. The summed E-state index contributed by atoms with van der Waals surface area (Å²) in [6, 6.07) is 3.85. The Labute approximate surface area is 159 Å². The van der Waals surface area contributed by atoms with Crippen LogP contribution in [0.25, 0.3) is 0 Å². The van der Waals surface area contributed by atoms with E-state index in [1.165, 1.54) is 32.1 Å². The second-order valence-electron chi connectivity index (χ2n) is 7.81. The normalized spacial score (nSPS) is 24.1. The molecule has 1 aliphatic carbocycles. The number of aliphatic carboxylic acids is 1. The van der Waals surface area contributed by atoms with Crippen molar-refractivity contribution in [3.8, 4) is 0 Å². The number of likely N-dealkylation sites (tertiary alicyclic amines) is 1. The lowest BCUT2D eigenvalue weighted by Gasteiger charge is -2.20. The Balaban J connectivity index is 1.42. The summed E-state index contributed by atoms with van der Waals surface area (Å²) in [6.45, 7) is 1.97. The number of carboxylic acid groups (broad SMARTS) is 1. The SMILES string of the molecule is O=C(O)[C@@H]1CN(Cc2cnc(C3CCCCC3)nc2)C[C@H]1c1ccncc1. The molecule has 1 aliphatic heterocycles. The lowest BCUT2D eigenvalue weighted by molar-refractivity contribution is -0.141. The average molecular weight is 366 g/mol. The summed E-state index contributed by atoms with van der Waals surface area (Å²) in [7, 11) is 0. The Bertz CT molecular complexity index is 760. The average Bonchev–Trinajstić information content (AvgIpc) is 3.14. The summed E-state index contributed by atoms with van der Waals surface area (Å²) >= 11 is 0. The van der Waals surface area contributed by atoms with Crippen molar-refractivity contribution >= 4 is 5.97 Å². The minimum absolute atomic E-state index is 0.00655. The van der Waals surface area contributed by atoms with Gasteiger partial charge in [0.15, 0.2) is 0 Å². The van der Waals surface area contributed by atoms with E-state index in [0.29, 0.717) is 19.0 Å². The molecular weight excluding hydrogens is 340 g/mol. The molecular formula is C21H26N4O2. The molecule has 0 radical (unpaired) electrons. The second kappa shape index (κ2) is 8.13. The van der Waals surface area contributed by atoms with Gasteiger partial charge in [0, 0.05) is 61.8 Å². The van der Waals surface area contributed by atoms with E-state index in [1.54, 1.807) is 12.4 Å². The first-order valence-electron chi connectivity index (χ1n) is 9.86. The number of rotatable bonds is 5. The van der Waals surface area contributed by atoms with Crippen LogP contribution in [-0.2, 0) is 11.3 Å². The van der Waals surface area contributed by atoms with E-state index in [1.807, 2.05) is 24.5 Å². The van der Waals surface area contributed by atoms with Gasteiger partial charge in [-0.1, -0.05) is 19.3 Å². The van der Waals surface area contributed by atoms with Crippen molar-refractivity contribution in [3.63, 3.8) is 0 Å². The molecule has 1 N–H and O–H groups in total. The molecule has 0 spiro atoms. The number of carbonyl (C=O) groups is 1. The van der Waals surface area contributed by atoms with Gasteiger partial charge in [0.2, 0.25) is 0 Å². The molecule has 2 aromatic rings. The Morgan fingerprint density at radius 1 is 1.07 bits per heavy atom. The van der Waals surface area contributed by atoms with Gasteiger partial charge in [-0.2, -0.15) is 0 Å². The smallest absolute Gasteiger partial charge is 0.308 e. The van der Waals surface area contributed by atoms with Crippen molar-refractivity contribution in [3.05, 3.63) is 53.9 Å². The van der Waals surface area contributed by atoms with E-state index < -0.39 is 11.9 Å². The fourth-order valence-corrected chi connectivity index (χ4v) is 4.49. The highest BCUT2D eigenvalue weighted by Crippen LogP contribution is 2.34. The van der Waals surface area contributed by atoms with Gasteiger partial charge in [0.05, 0.1) is 5.92 Å². The molecule has 2 fully saturated rings. The van der Waals surface area contributed by atoms with Gasteiger partial charge >= 0.3 is 5.97 Å². The molecule has 0 aromatic carbocycles. The minimum atomic E-state index is -0.733. The number of carboxylic acids is 1. The Morgan fingerprint density at radius 2 is 1.78 bits per heavy atom. The van der Waals surface area contributed by atoms with E-state index in [9.17, 15) is 9.90 Å². The molecule has 4 rings (SSSR count). The third kappa shape index (κ3) is 4.16. The predicted molar refractivity (Wildman–Crippen MR) is 101 cm³/mol. The summed E-state index contributed by atoms with van der Waals surface area (Å²) in [4.78, 5) is 27.2. The fourth-order valence-electron chi connectivity index (χ4n) is 4.49. The highest BCUT2D eigenvalue weighted by molar-refractivity contribution is 5.72. The molecule has 1 saturated carbocycles.